The molecule has 122 valence electrons. The van der Waals surface area contributed by atoms with Gasteiger partial charge in [0.25, 0.3) is 0 Å². The second-order valence-corrected chi connectivity index (χ2v) is 6.39. The van der Waals surface area contributed by atoms with Crippen LogP contribution in [-0.4, -0.2) is 33.1 Å². The van der Waals surface area contributed by atoms with Crippen LogP contribution in [0.3, 0.4) is 0 Å². The van der Waals surface area contributed by atoms with Crippen molar-refractivity contribution in [1.29, 1.82) is 0 Å². The van der Waals surface area contributed by atoms with Crippen LogP contribution in [0.4, 0.5) is 10.2 Å². The Morgan fingerprint density at radius 1 is 1.33 bits per heavy atom. The average molecular weight is 341 g/mol. The predicted octanol–water partition coefficient (Wildman–Crippen LogP) is 4.09. The van der Waals surface area contributed by atoms with Crippen LogP contribution in [0.2, 0.25) is 0 Å². The van der Waals surface area contributed by atoms with Crippen molar-refractivity contribution in [3.05, 3.63) is 42.0 Å². The SMILES string of the molecule is CNc1cc2cc(-c3c(C)c(F)c(SC)c4[nH]ncc34)ccn2n1. The second kappa shape index (κ2) is 5.52. The zero-order valence-corrected chi connectivity index (χ0v) is 14.3. The summed E-state index contributed by atoms with van der Waals surface area (Å²) in [5, 5.41) is 15.4. The molecule has 0 unspecified atom stereocenters. The Morgan fingerprint density at radius 3 is 2.92 bits per heavy atom. The van der Waals surface area contributed by atoms with E-state index < -0.39 is 0 Å². The molecule has 7 heteroatoms. The molecule has 0 saturated heterocycles. The Balaban J connectivity index is 2.02. The highest BCUT2D eigenvalue weighted by molar-refractivity contribution is 7.98. The molecule has 0 aliphatic carbocycles. The first kappa shape index (κ1) is 15.0. The van der Waals surface area contributed by atoms with Crippen LogP contribution in [-0.2, 0) is 0 Å². The van der Waals surface area contributed by atoms with Gasteiger partial charge in [0.05, 0.1) is 22.1 Å². The molecule has 3 aromatic heterocycles. The molecule has 4 aromatic rings. The number of rotatable bonds is 3. The van der Waals surface area contributed by atoms with Gasteiger partial charge in [-0.2, -0.15) is 10.2 Å². The maximum absolute atomic E-state index is 14.8. The lowest BCUT2D eigenvalue weighted by Gasteiger charge is -2.12. The summed E-state index contributed by atoms with van der Waals surface area (Å²) in [5.41, 5.74) is 4.13. The number of hydrogen-bond donors (Lipinski definition) is 2. The molecule has 1 aromatic carbocycles. The van der Waals surface area contributed by atoms with Gasteiger partial charge in [-0.25, -0.2) is 8.91 Å². The number of thioether (sulfide) groups is 1. The zero-order chi connectivity index (χ0) is 16.8. The van der Waals surface area contributed by atoms with Crippen molar-refractivity contribution in [2.75, 3.05) is 18.6 Å². The van der Waals surface area contributed by atoms with Gasteiger partial charge in [0, 0.05) is 24.7 Å². The number of H-pyrrole nitrogens is 1. The minimum absolute atomic E-state index is 0.196. The fourth-order valence-electron chi connectivity index (χ4n) is 3.08. The molecule has 0 aliphatic rings. The molecule has 0 amide bonds. The fraction of sp³-hybridized carbons (Fsp3) is 0.176. The maximum atomic E-state index is 14.8. The van der Waals surface area contributed by atoms with Crippen molar-refractivity contribution in [2.24, 2.45) is 0 Å². The molecule has 3 heterocycles. The summed E-state index contributed by atoms with van der Waals surface area (Å²) in [6, 6.07) is 5.92. The Kier molecular flexibility index (Phi) is 3.45. The molecular weight excluding hydrogens is 325 g/mol. The number of aromatic nitrogens is 4. The highest BCUT2D eigenvalue weighted by atomic mass is 32.2. The minimum atomic E-state index is -0.196. The van der Waals surface area contributed by atoms with E-state index in [2.05, 4.69) is 20.6 Å². The number of nitrogens with one attached hydrogen (secondary N) is 2. The van der Waals surface area contributed by atoms with Crippen LogP contribution < -0.4 is 5.32 Å². The standard InChI is InChI=1S/C17H16FN5S/c1-9-14(12-8-20-21-16(12)17(24-3)15(9)18)10-4-5-23-11(6-10)7-13(19-2)22-23/h4-8H,1-3H3,(H,19,22)(H,20,21). The Labute approximate surface area is 142 Å². The van der Waals surface area contributed by atoms with E-state index >= 15 is 0 Å². The molecular formula is C17H16FN5S. The van der Waals surface area contributed by atoms with Gasteiger partial charge < -0.3 is 5.32 Å². The number of aromatic amines is 1. The third-order valence-electron chi connectivity index (χ3n) is 4.25. The van der Waals surface area contributed by atoms with E-state index in [9.17, 15) is 4.39 Å². The topological polar surface area (TPSA) is 58.0 Å². The van der Waals surface area contributed by atoms with Crippen molar-refractivity contribution >= 4 is 34.0 Å². The second-order valence-electron chi connectivity index (χ2n) is 5.57. The summed E-state index contributed by atoms with van der Waals surface area (Å²) in [6.07, 6.45) is 5.52. The highest BCUT2D eigenvalue weighted by Crippen LogP contribution is 2.39. The predicted molar refractivity (Wildman–Crippen MR) is 96.3 cm³/mol. The summed E-state index contributed by atoms with van der Waals surface area (Å²) in [6.45, 7) is 1.82. The number of pyridine rings is 1. The minimum Gasteiger partial charge on any atom is -0.372 e. The van der Waals surface area contributed by atoms with Crippen LogP contribution in [0, 0.1) is 12.7 Å². The first-order valence-corrected chi connectivity index (χ1v) is 8.73. The van der Waals surface area contributed by atoms with E-state index in [1.165, 1.54) is 11.8 Å². The molecule has 2 N–H and O–H groups in total. The quantitative estimate of drug-likeness (QED) is 0.551. The lowest BCUT2D eigenvalue weighted by atomic mass is 9.97. The van der Waals surface area contributed by atoms with E-state index in [0.29, 0.717) is 10.5 Å². The number of halogens is 1. The summed E-state index contributed by atoms with van der Waals surface area (Å²) in [7, 11) is 1.83. The number of fused-ring (bicyclic) bond motifs is 2. The van der Waals surface area contributed by atoms with E-state index in [-0.39, 0.29) is 5.82 Å². The zero-order valence-electron chi connectivity index (χ0n) is 13.5. The maximum Gasteiger partial charge on any atom is 0.148 e. The molecule has 0 bridgehead atoms. The third-order valence-corrected chi connectivity index (χ3v) is 5.04. The number of benzene rings is 1. The molecule has 0 saturated carbocycles. The molecule has 5 nitrogen and oxygen atoms in total. The summed E-state index contributed by atoms with van der Waals surface area (Å²) in [5.74, 6) is 0.597. The number of hydrogen-bond acceptors (Lipinski definition) is 4. The highest BCUT2D eigenvalue weighted by Gasteiger charge is 2.19. The van der Waals surface area contributed by atoms with Crippen molar-refractivity contribution in [3.63, 3.8) is 0 Å². The number of anilines is 1. The largest absolute Gasteiger partial charge is 0.372 e. The van der Waals surface area contributed by atoms with Crippen molar-refractivity contribution < 1.29 is 4.39 Å². The molecule has 0 atom stereocenters. The van der Waals surface area contributed by atoms with Gasteiger partial charge in [-0.1, -0.05) is 0 Å². The molecule has 0 spiro atoms. The average Bonchev–Trinajstić information content (AvgIpc) is 3.22. The van der Waals surface area contributed by atoms with Gasteiger partial charge in [-0.15, -0.1) is 11.8 Å². The van der Waals surface area contributed by atoms with Crippen LogP contribution in [0.25, 0.3) is 27.5 Å². The van der Waals surface area contributed by atoms with Gasteiger partial charge >= 0.3 is 0 Å². The van der Waals surface area contributed by atoms with Crippen LogP contribution in [0.15, 0.2) is 35.5 Å². The van der Waals surface area contributed by atoms with E-state index in [1.807, 2.05) is 44.6 Å². The van der Waals surface area contributed by atoms with Gasteiger partial charge in [-0.05, 0) is 42.0 Å². The monoisotopic (exact) mass is 341 g/mol. The number of nitrogens with zero attached hydrogens (tertiary/aromatic N) is 3. The summed E-state index contributed by atoms with van der Waals surface area (Å²) < 4.78 is 16.6. The van der Waals surface area contributed by atoms with Crippen molar-refractivity contribution in [3.8, 4) is 11.1 Å². The van der Waals surface area contributed by atoms with Gasteiger partial charge in [-0.3, -0.25) is 5.10 Å². The third kappa shape index (κ3) is 2.08. The van der Waals surface area contributed by atoms with Crippen LogP contribution in [0.1, 0.15) is 5.56 Å². The Morgan fingerprint density at radius 2 is 2.17 bits per heavy atom. The molecule has 0 fully saturated rings. The summed E-state index contributed by atoms with van der Waals surface area (Å²) >= 11 is 1.39. The molecule has 0 radical (unpaired) electrons. The molecule has 4 rings (SSSR count). The Hall–Kier alpha value is -2.54. The summed E-state index contributed by atoms with van der Waals surface area (Å²) in [4.78, 5) is 0.603. The lowest BCUT2D eigenvalue weighted by molar-refractivity contribution is 0.596. The van der Waals surface area contributed by atoms with Gasteiger partial charge in [0.2, 0.25) is 0 Å². The normalized spacial score (nSPS) is 11.5. The van der Waals surface area contributed by atoms with Crippen molar-refractivity contribution in [2.45, 2.75) is 11.8 Å². The van der Waals surface area contributed by atoms with Gasteiger partial charge in [0.15, 0.2) is 0 Å². The lowest BCUT2D eigenvalue weighted by Crippen LogP contribution is -1.95. The van der Waals surface area contributed by atoms with Crippen LogP contribution >= 0.6 is 11.8 Å². The first-order valence-electron chi connectivity index (χ1n) is 7.50. The van der Waals surface area contributed by atoms with E-state index in [1.54, 1.807) is 10.7 Å². The van der Waals surface area contributed by atoms with Crippen molar-refractivity contribution in [1.82, 2.24) is 19.8 Å². The molecule has 0 aliphatic heterocycles. The van der Waals surface area contributed by atoms with E-state index in [0.717, 1.165) is 33.4 Å². The van der Waals surface area contributed by atoms with Gasteiger partial charge in [0.1, 0.15) is 11.6 Å². The smallest absolute Gasteiger partial charge is 0.148 e. The first-order chi connectivity index (χ1) is 11.6. The Bertz CT molecular complexity index is 1070. The fourth-order valence-corrected chi connectivity index (χ4v) is 3.77. The van der Waals surface area contributed by atoms with E-state index in [4.69, 9.17) is 0 Å². The molecule has 24 heavy (non-hydrogen) atoms. The van der Waals surface area contributed by atoms with Crippen LogP contribution in [0.5, 0.6) is 0 Å².